The van der Waals surface area contributed by atoms with Crippen LogP contribution in [0.15, 0.2) is 49.4 Å². The van der Waals surface area contributed by atoms with Gasteiger partial charge in [0, 0.05) is 54.4 Å². The number of benzene rings is 1. The Balaban J connectivity index is 1.60. The van der Waals surface area contributed by atoms with Gasteiger partial charge >= 0.3 is 0 Å². The first-order valence-corrected chi connectivity index (χ1v) is 12.4. The highest BCUT2D eigenvalue weighted by atomic mass is 35.5. The second-order valence-corrected chi connectivity index (χ2v) is 9.38. The summed E-state index contributed by atoms with van der Waals surface area (Å²) in [5, 5.41) is 8.84. The van der Waals surface area contributed by atoms with Crippen molar-refractivity contribution in [2.45, 2.75) is 12.5 Å². The number of hydrogen-bond acceptors (Lipinski definition) is 9. The number of hydrogen-bond donors (Lipinski definition) is 1. The van der Waals surface area contributed by atoms with Crippen LogP contribution in [0, 0.1) is 5.92 Å². The number of aryl methyl sites for hydroxylation is 1. The average Bonchev–Trinajstić information content (AvgIpc) is 3.56. The Hall–Kier alpha value is -4.02. The van der Waals surface area contributed by atoms with Gasteiger partial charge < -0.3 is 19.5 Å². The van der Waals surface area contributed by atoms with E-state index in [-0.39, 0.29) is 17.7 Å². The number of ether oxygens (including phenoxy) is 3. The molecule has 0 radical (unpaired) electrons. The molecule has 0 spiro atoms. The van der Waals surface area contributed by atoms with Gasteiger partial charge in [-0.25, -0.2) is 15.0 Å². The van der Waals surface area contributed by atoms with E-state index in [2.05, 4.69) is 22.0 Å². The summed E-state index contributed by atoms with van der Waals surface area (Å²) in [7, 11) is 4.97. The van der Waals surface area contributed by atoms with Crippen LogP contribution in [0.4, 0.5) is 5.95 Å². The predicted molar refractivity (Wildman–Crippen MR) is 145 cm³/mol. The fraction of sp³-hybridized carbons (Fsp3) is 0.296. The zero-order valence-electron chi connectivity index (χ0n) is 21.3. The SMILES string of the molecule is C=CC(=O)C[C@H]1COC[C@H]1Nc1ncc2cc(-c3cc(OC)cc(OC)c3Cl)nc(-c3cnn(C)c3)c2n1. The van der Waals surface area contributed by atoms with Crippen molar-refractivity contribution in [2.75, 3.05) is 32.8 Å². The number of carbonyl (C=O) groups is 1. The predicted octanol–water partition coefficient (Wildman–Crippen LogP) is 4.34. The van der Waals surface area contributed by atoms with Crippen LogP contribution in [0.25, 0.3) is 33.4 Å². The lowest BCUT2D eigenvalue weighted by atomic mass is 9.97. The van der Waals surface area contributed by atoms with Gasteiger partial charge in [-0.15, -0.1) is 0 Å². The number of aromatic nitrogens is 5. The van der Waals surface area contributed by atoms with Crippen molar-refractivity contribution in [2.24, 2.45) is 13.0 Å². The van der Waals surface area contributed by atoms with Gasteiger partial charge in [-0.3, -0.25) is 9.48 Å². The van der Waals surface area contributed by atoms with Gasteiger partial charge in [0.15, 0.2) is 5.78 Å². The zero-order chi connectivity index (χ0) is 26.8. The zero-order valence-corrected chi connectivity index (χ0v) is 22.0. The summed E-state index contributed by atoms with van der Waals surface area (Å²) in [6.07, 6.45) is 7.04. The number of methoxy groups -OCH3 is 2. The molecule has 11 heteroatoms. The maximum atomic E-state index is 11.9. The van der Waals surface area contributed by atoms with Crippen LogP contribution >= 0.6 is 11.6 Å². The Kier molecular flexibility index (Phi) is 7.26. The van der Waals surface area contributed by atoms with Crippen LogP contribution in [0.3, 0.4) is 0 Å². The van der Waals surface area contributed by atoms with Crippen molar-refractivity contribution >= 4 is 34.2 Å². The Morgan fingerprint density at radius 1 is 1.24 bits per heavy atom. The molecule has 4 heterocycles. The summed E-state index contributed by atoms with van der Waals surface area (Å²) in [6, 6.07) is 5.31. The van der Waals surface area contributed by atoms with E-state index in [0.717, 1.165) is 10.9 Å². The van der Waals surface area contributed by atoms with Crippen molar-refractivity contribution < 1.29 is 19.0 Å². The van der Waals surface area contributed by atoms with Crippen molar-refractivity contribution in [3.05, 3.63) is 54.5 Å². The monoisotopic (exact) mass is 534 g/mol. The molecule has 3 aromatic heterocycles. The number of nitrogens with one attached hydrogen (secondary N) is 1. The second-order valence-electron chi connectivity index (χ2n) is 9.00. The van der Waals surface area contributed by atoms with E-state index in [0.29, 0.717) is 64.6 Å². The molecule has 10 nitrogen and oxygen atoms in total. The van der Waals surface area contributed by atoms with E-state index in [9.17, 15) is 4.79 Å². The summed E-state index contributed by atoms with van der Waals surface area (Å²) in [4.78, 5) is 26.3. The van der Waals surface area contributed by atoms with Gasteiger partial charge in [0.05, 0.1) is 50.4 Å². The van der Waals surface area contributed by atoms with Gasteiger partial charge in [-0.05, 0) is 18.2 Å². The molecule has 38 heavy (non-hydrogen) atoms. The lowest BCUT2D eigenvalue weighted by Crippen LogP contribution is -2.30. The summed E-state index contributed by atoms with van der Waals surface area (Å²) in [5.41, 5.74) is 3.30. The summed E-state index contributed by atoms with van der Waals surface area (Å²) in [6.45, 7) is 4.51. The normalized spacial score (nSPS) is 16.9. The Labute approximate surface area is 224 Å². The topological polar surface area (TPSA) is 113 Å². The summed E-state index contributed by atoms with van der Waals surface area (Å²) >= 11 is 6.69. The molecule has 2 atom stereocenters. The van der Waals surface area contributed by atoms with E-state index >= 15 is 0 Å². The average molecular weight is 535 g/mol. The molecular weight excluding hydrogens is 508 g/mol. The third-order valence-corrected chi connectivity index (χ3v) is 6.88. The maximum absolute atomic E-state index is 11.9. The Morgan fingerprint density at radius 3 is 2.79 bits per heavy atom. The molecule has 1 fully saturated rings. The molecule has 1 N–H and O–H groups in total. The first-order valence-electron chi connectivity index (χ1n) is 12.0. The Bertz CT molecular complexity index is 1520. The van der Waals surface area contributed by atoms with E-state index in [1.807, 2.05) is 25.4 Å². The Morgan fingerprint density at radius 2 is 2.08 bits per heavy atom. The van der Waals surface area contributed by atoms with Crippen molar-refractivity contribution in [1.29, 1.82) is 0 Å². The van der Waals surface area contributed by atoms with E-state index in [1.165, 1.54) is 6.08 Å². The summed E-state index contributed by atoms with van der Waals surface area (Å²) < 4.78 is 18.2. The molecule has 0 saturated carbocycles. The molecule has 0 unspecified atom stereocenters. The minimum atomic E-state index is -0.103. The molecule has 1 saturated heterocycles. The largest absolute Gasteiger partial charge is 0.497 e. The molecule has 196 valence electrons. The van der Waals surface area contributed by atoms with Crippen LogP contribution < -0.4 is 14.8 Å². The molecule has 5 rings (SSSR count). The fourth-order valence-corrected chi connectivity index (χ4v) is 4.77. The molecule has 0 amide bonds. The smallest absolute Gasteiger partial charge is 0.223 e. The molecule has 1 aliphatic rings. The maximum Gasteiger partial charge on any atom is 0.223 e. The standard InChI is InChI=1S/C27H27ClN6O4/c1-5-18(35)6-16-13-38-14-22(16)32-27-29-10-15-7-21(20-8-19(36-3)9-23(37-4)24(20)28)31-26(25(15)33-27)17-11-30-34(2)12-17/h5,7-12,16,22H,1,6,13-14H2,2-4H3,(H,29,32,33)/t16-,22+/m0/s1. The number of allylic oxidation sites excluding steroid dienone is 1. The highest BCUT2D eigenvalue weighted by Gasteiger charge is 2.30. The molecule has 0 aliphatic carbocycles. The van der Waals surface area contributed by atoms with Crippen molar-refractivity contribution in [3.8, 4) is 34.0 Å². The van der Waals surface area contributed by atoms with Crippen LogP contribution in [0.2, 0.25) is 5.02 Å². The van der Waals surface area contributed by atoms with E-state index in [1.54, 1.807) is 37.4 Å². The number of fused-ring (bicyclic) bond motifs is 1. The van der Waals surface area contributed by atoms with Gasteiger partial charge in [0.2, 0.25) is 5.95 Å². The number of halogens is 1. The van der Waals surface area contributed by atoms with Crippen LogP contribution in [0.1, 0.15) is 6.42 Å². The first-order chi connectivity index (χ1) is 18.4. The third kappa shape index (κ3) is 5.05. The first kappa shape index (κ1) is 25.6. The molecule has 4 aromatic rings. The highest BCUT2D eigenvalue weighted by Crippen LogP contribution is 2.40. The lowest BCUT2D eigenvalue weighted by Gasteiger charge is -2.18. The molecule has 1 aliphatic heterocycles. The number of ketones is 1. The number of rotatable bonds is 9. The minimum Gasteiger partial charge on any atom is -0.497 e. The van der Waals surface area contributed by atoms with E-state index in [4.69, 9.17) is 35.8 Å². The van der Waals surface area contributed by atoms with Gasteiger partial charge in [-0.2, -0.15) is 5.10 Å². The number of carbonyl (C=O) groups excluding carboxylic acids is 1. The lowest BCUT2D eigenvalue weighted by molar-refractivity contribution is -0.115. The number of nitrogens with zero attached hydrogens (tertiary/aromatic N) is 5. The third-order valence-electron chi connectivity index (χ3n) is 6.49. The molecular formula is C27H27ClN6O4. The molecule has 0 bridgehead atoms. The minimum absolute atomic E-state index is 0.00303. The van der Waals surface area contributed by atoms with Crippen molar-refractivity contribution in [1.82, 2.24) is 24.7 Å². The van der Waals surface area contributed by atoms with Gasteiger partial charge in [-0.1, -0.05) is 18.2 Å². The molecule has 1 aromatic carbocycles. The van der Waals surface area contributed by atoms with Crippen LogP contribution in [-0.4, -0.2) is 64.0 Å². The highest BCUT2D eigenvalue weighted by molar-refractivity contribution is 6.34. The summed E-state index contributed by atoms with van der Waals surface area (Å²) in [5.74, 6) is 1.47. The van der Waals surface area contributed by atoms with Crippen LogP contribution in [-0.2, 0) is 16.6 Å². The van der Waals surface area contributed by atoms with E-state index < -0.39 is 0 Å². The van der Waals surface area contributed by atoms with Gasteiger partial charge in [0.25, 0.3) is 0 Å². The number of anilines is 1. The van der Waals surface area contributed by atoms with Crippen molar-refractivity contribution in [3.63, 3.8) is 0 Å². The second kappa shape index (κ2) is 10.8. The quantitative estimate of drug-likeness (QED) is 0.313. The number of pyridine rings is 1. The van der Waals surface area contributed by atoms with Gasteiger partial charge in [0.1, 0.15) is 22.7 Å². The fourth-order valence-electron chi connectivity index (χ4n) is 4.48. The van der Waals surface area contributed by atoms with Crippen LogP contribution in [0.5, 0.6) is 11.5 Å².